The van der Waals surface area contributed by atoms with Gasteiger partial charge in [0.25, 0.3) is 11.5 Å². The number of H-pyrrole nitrogens is 1. The zero-order valence-electron chi connectivity index (χ0n) is 17.3. The van der Waals surface area contributed by atoms with Gasteiger partial charge in [0, 0.05) is 30.4 Å². The first-order valence-electron chi connectivity index (χ1n) is 9.90. The quantitative estimate of drug-likeness (QED) is 0.686. The summed E-state index contributed by atoms with van der Waals surface area (Å²) in [6.45, 7) is 5.29. The van der Waals surface area contributed by atoms with Crippen molar-refractivity contribution in [3.63, 3.8) is 0 Å². The van der Waals surface area contributed by atoms with Gasteiger partial charge in [-0.15, -0.1) is 0 Å². The number of aromatic amines is 1. The van der Waals surface area contributed by atoms with Crippen molar-refractivity contribution in [2.45, 2.75) is 65.0 Å². The zero-order chi connectivity index (χ0) is 21.1. The first-order valence-corrected chi connectivity index (χ1v) is 9.90. The fraction of sp³-hybridized carbons (Fsp3) is 0.550. The Labute approximate surface area is 169 Å². The Morgan fingerprint density at radius 2 is 1.90 bits per heavy atom. The van der Waals surface area contributed by atoms with Gasteiger partial charge in [0.1, 0.15) is 11.5 Å². The summed E-state index contributed by atoms with van der Waals surface area (Å²) in [6.07, 6.45) is 3.29. The number of amides is 2. The van der Waals surface area contributed by atoms with Crippen LogP contribution in [0.2, 0.25) is 0 Å². The summed E-state index contributed by atoms with van der Waals surface area (Å²) in [7, 11) is 1.75. The molecule has 156 valence electrons. The molecule has 2 heterocycles. The predicted molar refractivity (Wildman–Crippen MR) is 108 cm³/mol. The largest absolute Gasteiger partial charge is 0.353 e. The van der Waals surface area contributed by atoms with Crippen LogP contribution in [0.25, 0.3) is 0 Å². The molecule has 0 bridgehead atoms. The van der Waals surface area contributed by atoms with Gasteiger partial charge in [0.05, 0.1) is 12.1 Å². The van der Waals surface area contributed by atoms with E-state index in [1.54, 1.807) is 31.6 Å². The van der Waals surface area contributed by atoms with Crippen LogP contribution in [0.15, 0.2) is 10.9 Å². The van der Waals surface area contributed by atoms with E-state index in [1.165, 1.54) is 0 Å². The van der Waals surface area contributed by atoms with Crippen LogP contribution in [-0.2, 0) is 18.3 Å². The highest BCUT2D eigenvalue weighted by atomic mass is 16.2. The van der Waals surface area contributed by atoms with Gasteiger partial charge in [0.2, 0.25) is 5.91 Å². The molecule has 1 aliphatic rings. The van der Waals surface area contributed by atoms with Crippen molar-refractivity contribution in [2.75, 3.05) is 0 Å². The van der Waals surface area contributed by atoms with Crippen LogP contribution >= 0.6 is 0 Å². The Kier molecular flexibility index (Phi) is 6.14. The summed E-state index contributed by atoms with van der Waals surface area (Å²) in [6, 6.07) is 1.71. The van der Waals surface area contributed by atoms with Gasteiger partial charge in [-0.2, -0.15) is 5.10 Å². The molecule has 9 heteroatoms. The van der Waals surface area contributed by atoms with Crippen molar-refractivity contribution < 1.29 is 9.59 Å². The molecule has 3 rings (SSSR count). The van der Waals surface area contributed by atoms with Crippen molar-refractivity contribution in [2.24, 2.45) is 7.05 Å². The minimum Gasteiger partial charge on any atom is -0.353 e. The molecule has 0 aliphatic heterocycles. The highest BCUT2D eigenvalue weighted by Crippen LogP contribution is 2.19. The molecule has 1 fully saturated rings. The van der Waals surface area contributed by atoms with E-state index in [0.29, 0.717) is 29.2 Å². The van der Waals surface area contributed by atoms with Gasteiger partial charge in [-0.05, 0) is 52.5 Å². The molecule has 9 nitrogen and oxygen atoms in total. The van der Waals surface area contributed by atoms with Crippen LogP contribution in [0.4, 0.5) is 0 Å². The second kappa shape index (κ2) is 8.59. The van der Waals surface area contributed by atoms with Crippen LogP contribution < -0.4 is 16.2 Å². The summed E-state index contributed by atoms with van der Waals surface area (Å²) in [4.78, 5) is 44.0. The topological polar surface area (TPSA) is 122 Å². The fourth-order valence-electron chi connectivity index (χ4n) is 3.93. The Bertz CT molecular complexity index is 977. The van der Waals surface area contributed by atoms with E-state index in [2.05, 4.69) is 25.7 Å². The fourth-order valence-corrected chi connectivity index (χ4v) is 3.93. The van der Waals surface area contributed by atoms with Crippen molar-refractivity contribution in [3.8, 4) is 0 Å². The SMILES string of the molecule is Cc1cc(C(=O)N[C@@H]2CCC[C@@H](NC(=O)Cc3c(C)nc(C)[nH]c3=O)C2)n(C)n1. The number of hydrogen-bond acceptors (Lipinski definition) is 5. The number of aryl methyl sites for hydroxylation is 4. The smallest absolute Gasteiger partial charge is 0.269 e. The third kappa shape index (κ3) is 5.10. The highest BCUT2D eigenvalue weighted by Gasteiger charge is 2.26. The van der Waals surface area contributed by atoms with Gasteiger partial charge in [0.15, 0.2) is 0 Å². The Balaban J connectivity index is 1.57. The molecule has 0 spiro atoms. The van der Waals surface area contributed by atoms with E-state index in [0.717, 1.165) is 25.0 Å². The lowest BCUT2D eigenvalue weighted by molar-refractivity contribution is -0.121. The molecule has 2 amide bonds. The Hall–Kier alpha value is -2.97. The van der Waals surface area contributed by atoms with Crippen LogP contribution in [0.3, 0.4) is 0 Å². The van der Waals surface area contributed by atoms with Crippen molar-refractivity contribution in [3.05, 3.63) is 44.9 Å². The molecule has 2 aromatic heterocycles. The summed E-state index contributed by atoms with van der Waals surface area (Å²) < 4.78 is 1.57. The molecular weight excluding hydrogens is 372 g/mol. The van der Waals surface area contributed by atoms with Crippen molar-refractivity contribution >= 4 is 11.8 Å². The number of carbonyl (C=O) groups is 2. The van der Waals surface area contributed by atoms with Crippen LogP contribution in [-0.4, -0.2) is 43.6 Å². The zero-order valence-corrected chi connectivity index (χ0v) is 17.3. The normalized spacial score (nSPS) is 19.0. The highest BCUT2D eigenvalue weighted by molar-refractivity contribution is 5.92. The molecule has 0 radical (unpaired) electrons. The summed E-state index contributed by atoms with van der Waals surface area (Å²) >= 11 is 0. The molecule has 3 N–H and O–H groups in total. The molecule has 2 aromatic rings. The Morgan fingerprint density at radius 3 is 2.52 bits per heavy atom. The van der Waals surface area contributed by atoms with Crippen LogP contribution in [0.5, 0.6) is 0 Å². The number of hydrogen-bond donors (Lipinski definition) is 3. The van der Waals surface area contributed by atoms with Gasteiger partial charge < -0.3 is 15.6 Å². The van der Waals surface area contributed by atoms with Gasteiger partial charge in [-0.3, -0.25) is 19.1 Å². The van der Waals surface area contributed by atoms with Gasteiger partial charge in [-0.1, -0.05) is 0 Å². The summed E-state index contributed by atoms with van der Waals surface area (Å²) in [5.74, 6) is 0.174. The molecule has 1 saturated carbocycles. The predicted octanol–water partition coefficient (Wildman–Crippen LogP) is 0.829. The first kappa shape index (κ1) is 20.8. The maximum Gasteiger partial charge on any atom is 0.269 e. The van der Waals surface area contributed by atoms with E-state index >= 15 is 0 Å². The van der Waals surface area contributed by atoms with E-state index < -0.39 is 0 Å². The maximum atomic E-state index is 12.5. The average Bonchev–Trinajstić information content (AvgIpc) is 2.97. The minimum absolute atomic E-state index is 0.00370. The molecule has 0 saturated heterocycles. The van der Waals surface area contributed by atoms with Crippen LogP contribution in [0, 0.1) is 20.8 Å². The first-order chi connectivity index (χ1) is 13.7. The average molecular weight is 400 g/mol. The monoisotopic (exact) mass is 400 g/mol. The van der Waals surface area contributed by atoms with Crippen molar-refractivity contribution in [1.82, 2.24) is 30.4 Å². The molecule has 1 aliphatic carbocycles. The van der Waals surface area contributed by atoms with E-state index in [9.17, 15) is 14.4 Å². The van der Waals surface area contributed by atoms with E-state index in [1.807, 2.05) is 6.92 Å². The Morgan fingerprint density at radius 1 is 1.21 bits per heavy atom. The number of aromatic nitrogens is 4. The number of nitrogens with zero attached hydrogens (tertiary/aromatic N) is 3. The molecule has 0 aromatic carbocycles. The molecule has 0 unspecified atom stereocenters. The second-order valence-electron chi connectivity index (χ2n) is 7.79. The summed E-state index contributed by atoms with van der Waals surface area (Å²) in [5.41, 5.74) is 2.00. The lowest BCUT2D eigenvalue weighted by Crippen LogP contribution is -2.46. The number of carbonyl (C=O) groups excluding carboxylic acids is 2. The maximum absolute atomic E-state index is 12.5. The van der Waals surface area contributed by atoms with E-state index in [4.69, 9.17) is 0 Å². The minimum atomic E-state index is -0.273. The number of nitrogens with one attached hydrogen (secondary N) is 3. The third-order valence-corrected chi connectivity index (χ3v) is 5.29. The number of rotatable bonds is 5. The molecular formula is C20H28N6O3. The molecule has 2 atom stereocenters. The van der Waals surface area contributed by atoms with Crippen molar-refractivity contribution in [1.29, 1.82) is 0 Å². The van der Waals surface area contributed by atoms with E-state index in [-0.39, 0.29) is 35.9 Å². The standard InChI is InChI=1S/C20H28N6O3/c1-11-8-17(26(4)25-11)20(29)24-15-7-5-6-14(9-15)23-18(27)10-16-12(2)21-13(3)22-19(16)28/h8,14-15H,5-7,9-10H2,1-4H3,(H,23,27)(H,24,29)(H,21,22,28)/t14-,15-/m1/s1. The lowest BCUT2D eigenvalue weighted by atomic mass is 9.90. The van der Waals surface area contributed by atoms with Gasteiger partial charge in [-0.25, -0.2) is 4.98 Å². The third-order valence-electron chi connectivity index (χ3n) is 5.29. The van der Waals surface area contributed by atoms with Gasteiger partial charge >= 0.3 is 0 Å². The molecule has 29 heavy (non-hydrogen) atoms. The van der Waals surface area contributed by atoms with Crippen LogP contribution in [0.1, 0.15) is 58.9 Å². The lowest BCUT2D eigenvalue weighted by Gasteiger charge is -2.30. The summed E-state index contributed by atoms with van der Waals surface area (Å²) in [5, 5.41) is 10.3. The second-order valence-corrected chi connectivity index (χ2v) is 7.79.